The SMILES string of the molecule is O=c1[nH]c(=O)n(-c2ccccc2)c(O)c1-c1cccccc1=NCc1ccccc1. The highest BCUT2D eigenvalue weighted by molar-refractivity contribution is 5.67. The molecule has 0 amide bonds. The second-order valence-corrected chi connectivity index (χ2v) is 6.64. The summed E-state index contributed by atoms with van der Waals surface area (Å²) in [5.41, 5.74) is 0.492. The second kappa shape index (κ2) is 8.45. The van der Waals surface area contributed by atoms with E-state index in [1.165, 1.54) is 0 Å². The van der Waals surface area contributed by atoms with E-state index < -0.39 is 17.1 Å². The van der Waals surface area contributed by atoms with E-state index in [0.29, 0.717) is 23.2 Å². The van der Waals surface area contributed by atoms with Crippen LogP contribution in [0.2, 0.25) is 0 Å². The van der Waals surface area contributed by atoms with Crippen molar-refractivity contribution < 1.29 is 5.11 Å². The summed E-state index contributed by atoms with van der Waals surface area (Å²) in [7, 11) is 0. The number of rotatable bonds is 4. The van der Waals surface area contributed by atoms with Crippen molar-refractivity contribution >= 4 is 0 Å². The zero-order valence-corrected chi connectivity index (χ0v) is 16.0. The molecule has 0 aliphatic carbocycles. The third-order valence-electron chi connectivity index (χ3n) is 4.66. The van der Waals surface area contributed by atoms with E-state index in [2.05, 4.69) is 9.98 Å². The summed E-state index contributed by atoms with van der Waals surface area (Å²) in [4.78, 5) is 32.1. The second-order valence-electron chi connectivity index (χ2n) is 6.64. The molecule has 4 aromatic rings. The van der Waals surface area contributed by atoms with Crippen LogP contribution in [0.1, 0.15) is 5.56 Å². The molecule has 0 aliphatic rings. The molecule has 6 heteroatoms. The van der Waals surface area contributed by atoms with Crippen LogP contribution in [0, 0.1) is 0 Å². The van der Waals surface area contributed by atoms with Gasteiger partial charge in [-0.1, -0.05) is 72.8 Å². The monoisotopic (exact) mass is 397 g/mol. The minimum absolute atomic E-state index is 0.0125. The molecule has 0 fully saturated rings. The fourth-order valence-corrected chi connectivity index (χ4v) is 3.23. The smallest absolute Gasteiger partial charge is 0.335 e. The highest BCUT2D eigenvalue weighted by Gasteiger charge is 2.18. The molecule has 0 saturated carbocycles. The van der Waals surface area contributed by atoms with Gasteiger partial charge < -0.3 is 5.11 Å². The molecule has 0 aliphatic heterocycles. The zero-order valence-electron chi connectivity index (χ0n) is 16.0. The Labute approximate surface area is 172 Å². The van der Waals surface area contributed by atoms with E-state index in [9.17, 15) is 14.7 Å². The molecule has 3 aromatic carbocycles. The Morgan fingerprint density at radius 2 is 1.40 bits per heavy atom. The van der Waals surface area contributed by atoms with Gasteiger partial charge in [0.2, 0.25) is 5.88 Å². The van der Waals surface area contributed by atoms with Crippen molar-refractivity contribution in [1.29, 1.82) is 0 Å². The molecule has 0 unspecified atom stereocenters. The van der Waals surface area contributed by atoms with Crippen molar-refractivity contribution in [3.63, 3.8) is 0 Å². The lowest BCUT2D eigenvalue weighted by molar-refractivity contribution is 0.433. The summed E-state index contributed by atoms with van der Waals surface area (Å²) in [5, 5.41) is 11.5. The first kappa shape index (κ1) is 19.1. The predicted molar refractivity (Wildman–Crippen MR) is 115 cm³/mol. The molecule has 148 valence electrons. The van der Waals surface area contributed by atoms with Crippen molar-refractivity contribution in [2.45, 2.75) is 6.54 Å². The van der Waals surface area contributed by atoms with Gasteiger partial charge in [0.25, 0.3) is 5.56 Å². The molecule has 1 aromatic heterocycles. The standard InChI is InChI=1S/C24H19N3O3/c28-22-21(23(29)27(24(30)26-22)18-12-6-2-7-13-18)19-14-8-3-9-15-20(19)25-16-17-10-4-1-5-11-17/h1-15,29H,16H2,(H,26,28,30). The van der Waals surface area contributed by atoms with Crippen LogP contribution in [0.3, 0.4) is 0 Å². The molecule has 2 N–H and O–H groups in total. The van der Waals surface area contributed by atoms with Gasteiger partial charge in [-0.3, -0.25) is 14.8 Å². The molecule has 0 spiro atoms. The lowest BCUT2D eigenvalue weighted by Gasteiger charge is -2.11. The number of aromatic nitrogens is 2. The number of hydrogen-bond acceptors (Lipinski definition) is 4. The number of para-hydroxylation sites is 1. The Hall–Kier alpha value is -4.19. The van der Waals surface area contributed by atoms with Gasteiger partial charge in [0.05, 0.1) is 17.6 Å². The van der Waals surface area contributed by atoms with Crippen LogP contribution in [-0.2, 0) is 6.54 Å². The lowest BCUT2D eigenvalue weighted by atomic mass is 10.1. The van der Waals surface area contributed by atoms with Gasteiger partial charge in [0.1, 0.15) is 5.56 Å². The Kier molecular flexibility index (Phi) is 5.39. The maximum atomic E-state index is 12.7. The van der Waals surface area contributed by atoms with E-state index >= 15 is 0 Å². The molecule has 30 heavy (non-hydrogen) atoms. The summed E-state index contributed by atoms with van der Waals surface area (Å²) in [5.74, 6) is -0.433. The van der Waals surface area contributed by atoms with Crippen molar-refractivity contribution in [2.24, 2.45) is 4.99 Å². The average Bonchev–Trinajstić information content (AvgIpc) is 2.99. The summed E-state index contributed by atoms with van der Waals surface area (Å²) < 4.78 is 1.07. The van der Waals surface area contributed by atoms with E-state index in [4.69, 9.17) is 0 Å². The largest absolute Gasteiger partial charge is 0.494 e. The third kappa shape index (κ3) is 3.84. The van der Waals surface area contributed by atoms with Crippen LogP contribution in [0.15, 0.2) is 106 Å². The van der Waals surface area contributed by atoms with Crippen molar-refractivity contribution in [3.8, 4) is 22.7 Å². The first-order valence-electron chi connectivity index (χ1n) is 9.43. The van der Waals surface area contributed by atoms with Crippen molar-refractivity contribution in [3.05, 3.63) is 123 Å². The number of aromatic hydroxyl groups is 1. The highest BCUT2D eigenvalue weighted by atomic mass is 16.3. The van der Waals surface area contributed by atoms with Gasteiger partial charge >= 0.3 is 5.69 Å². The molecule has 4 rings (SSSR count). The first-order valence-corrected chi connectivity index (χ1v) is 9.43. The fraction of sp³-hybridized carbons (Fsp3) is 0.0417. The van der Waals surface area contributed by atoms with E-state index in [1.807, 2.05) is 42.5 Å². The van der Waals surface area contributed by atoms with Gasteiger partial charge in [-0.15, -0.1) is 0 Å². The van der Waals surface area contributed by atoms with Crippen LogP contribution >= 0.6 is 0 Å². The van der Waals surface area contributed by atoms with Gasteiger partial charge in [0.15, 0.2) is 0 Å². The molecule has 0 saturated heterocycles. The van der Waals surface area contributed by atoms with Crippen molar-refractivity contribution in [2.75, 3.05) is 0 Å². The molecule has 0 radical (unpaired) electrons. The van der Waals surface area contributed by atoms with Gasteiger partial charge in [-0.2, -0.15) is 0 Å². The van der Waals surface area contributed by atoms with Gasteiger partial charge in [0, 0.05) is 5.56 Å². The maximum Gasteiger partial charge on any atom is 0.335 e. The number of aromatic amines is 1. The molecule has 0 atom stereocenters. The average molecular weight is 397 g/mol. The normalized spacial score (nSPS) is 11.4. The van der Waals surface area contributed by atoms with E-state index in [1.54, 1.807) is 48.5 Å². The summed E-state index contributed by atoms with van der Waals surface area (Å²) in [6.45, 7) is 0.412. The van der Waals surface area contributed by atoms with Crippen molar-refractivity contribution in [1.82, 2.24) is 9.55 Å². The number of H-pyrrole nitrogens is 1. The maximum absolute atomic E-state index is 12.7. The fourth-order valence-electron chi connectivity index (χ4n) is 3.23. The Morgan fingerprint density at radius 1 is 0.800 bits per heavy atom. The number of benzene rings is 2. The zero-order chi connectivity index (χ0) is 20.9. The summed E-state index contributed by atoms with van der Waals surface area (Å²) >= 11 is 0. The molecule has 1 heterocycles. The Morgan fingerprint density at radius 3 is 2.10 bits per heavy atom. The molecule has 6 nitrogen and oxygen atoms in total. The highest BCUT2D eigenvalue weighted by Crippen LogP contribution is 2.23. The van der Waals surface area contributed by atoms with Gasteiger partial charge in [-0.05, 0) is 23.8 Å². The third-order valence-corrected chi connectivity index (χ3v) is 4.66. The summed E-state index contributed by atoms with van der Waals surface area (Å²) in [6.07, 6.45) is 0. The minimum Gasteiger partial charge on any atom is -0.494 e. The van der Waals surface area contributed by atoms with Crippen LogP contribution in [0.25, 0.3) is 16.8 Å². The first-order chi connectivity index (χ1) is 14.6. The number of nitrogens with one attached hydrogen (secondary N) is 1. The van der Waals surface area contributed by atoms with E-state index in [0.717, 1.165) is 10.1 Å². The summed E-state index contributed by atoms with van der Waals surface area (Å²) in [6, 6.07) is 27.2. The molecular formula is C24H19N3O3. The lowest BCUT2D eigenvalue weighted by Crippen LogP contribution is -2.30. The quantitative estimate of drug-likeness (QED) is 0.555. The molecule has 0 bridgehead atoms. The topological polar surface area (TPSA) is 87.5 Å². The van der Waals surface area contributed by atoms with Crippen LogP contribution < -0.4 is 16.6 Å². The number of hydrogen-bond donors (Lipinski definition) is 2. The van der Waals surface area contributed by atoms with Crippen LogP contribution in [0.5, 0.6) is 5.88 Å². The van der Waals surface area contributed by atoms with E-state index in [-0.39, 0.29) is 5.56 Å². The Balaban J connectivity index is 1.95. The number of nitrogens with zero attached hydrogens (tertiary/aromatic N) is 2. The molecular weight excluding hydrogens is 378 g/mol. The predicted octanol–water partition coefficient (Wildman–Crippen LogP) is 3.00. The van der Waals surface area contributed by atoms with Crippen LogP contribution in [-0.4, -0.2) is 14.7 Å². The van der Waals surface area contributed by atoms with Crippen LogP contribution in [0.4, 0.5) is 0 Å². The minimum atomic E-state index is -0.712. The van der Waals surface area contributed by atoms with Gasteiger partial charge in [-0.25, -0.2) is 9.36 Å². The Bertz CT molecular complexity index is 1360.